The van der Waals surface area contributed by atoms with Crippen LogP contribution in [0.1, 0.15) is 15.9 Å². The highest BCUT2D eigenvalue weighted by atomic mass is 16.1. The first-order valence-corrected chi connectivity index (χ1v) is 4.54. The summed E-state index contributed by atoms with van der Waals surface area (Å²) in [7, 11) is 0. The van der Waals surface area contributed by atoms with Crippen molar-refractivity contribution in [1.82, 2.24) is 4.98 Å². The number of hydrogen-bond acceptors (Lipinski definition) is 3. The summed E-state index contributed by atoms with van der Waals surface area (Å²) < 4.78 is 0. The molecule has 0 aliphatic heterocycles. The molecule has 0 aliphatic carbocycles. The second-order valence-electron chi connectivity index (χ2n) is 3.48. The number of anilines is 1. The van der Waals surface area contributed by atoms with Crippen molar-refractivity contribution in [3.05, 3.63) is 35.4 Å². The van der Waals surface area contributed by atoms with Gasteiger partial charge in [-0.05, 0) is 24.6 Å². The lowest BCUT2D eigenvalue weighted by atomic mass is 10.1. The van der Waals surface area contributed by atoms with Crippen LogP contribution in [0.15, 0.2) is 24.3 Å². The number of aryl methyl sites for hydroxylation is 1. The summed E-state index contributed by atoms with van der Waals surface area (Å²) in [5.41, 5.74) is 12.9. The smallest absolute Gasteiger partial charge is 0.252 e. The van der Waals surface area contributed by atoms with E-state index in [1.807, 2.05) is 25.1 Å². The summed E-state index contributed by atoms with van der Waals surface area (Å²) >= 11 is 0. The number of amides is 1. The predicted molar refractivity (Wildman–Crippen MR) is 59.4 cm³/mol. The maximum atomic E-state index is 11.0. The number of primary amides is 1. The van der Waals surface area contributed by atoms with Crippen LogP contribution in [0, 0.1) is 6.92 Å². The van der Waals surface area contributed by atoms with Crippen molar-refractivity contribution < 1.29 is 4.79 Å². The number of nitrogen functional groups attached to an aromatic ring is 1. The van der Waals surface area contributed by atoms with E-state index < -0.39 is 5.91 Å². The summed E-state index contributed by atoms with van der Waals surface area (Å²) in [5.74, 6) is -0.372. The zero-order valence-corrected chi connectivity index (χ0v) is 8.32. The van der Waals surface area contributed by atoms with E-state index in [1.165, 1.54) is 0 Å². The van der Waals surface area contributed by atoms with E-state index in [0.717, 1.165) is 16.5 Å². The van der Waals surface area contributed by atoms with Crippen LogP contribution in [0.4, 0.5) is 5.82 Å². The number of nitrogens with zero attached hydrogens (tertiary/aromatic N) is 1. The topological polar surface area (TPSA) is 82.0 Å². The molecule has 1 heterocycles. The number of rotatable bonds is 1. The number of benzene rings is 1. The van der Waals surface area contributed by atoms with E-state index in [2.05, 4.69) is 4.98 Å². The Hall–Kier alpha value is -2.10. The normalized spacial score (nSPS) is 10.5. The molecule has 15 heavy (non-hydrogen) atoms. The van der Waals surface area contributed by atoms with Gasteiger partial charge in [0.25, 0.3) is 5.91 Å². The molecule has 0 unspecified atom stereocenters. The third kappa shape index (κ3) is 1.61. The van der Waals surface area contributed by atoms with Crippen molar-refractivity contribution in [1.29, 1.82) is 0 Å². The Balaban J connectivity index is 2.76. The van der Waals surface area contributed by atoms with Crippen molar-refractivity contribution in [2.75, 3.05) is 5.73 Å². The number of aromatic nitrogens is 1. The van der Waals surface area contributed by atoms with Crippen LogP contribution in [-0.2, 0) is 0 Å². The zero-order chi connectivity index (χ0) is 11.0. The minimum Gasteiger partial charge on any atom is -0.383 e. The molecule has 0 spiro atoms. The average Bonchev–Trinajstić information content (AvgIpc) is 2.15. The monoisotopic (exact) mass is 201 g/mol. The molecule has 0 radical (unpaired) electrons. The number of carbonyl (C=O) groups is 1. The maximum absolute atomic E-state index is 11.0. The first kappa shape index (κ1) is 9.45. The Morgan fingerprint density at radius 1 is 1.33 bits per heavy atom. The van der Waals surface area contributed by atoms with Crippen molar-refractivity contribution >= 4 is 22.6 Å². The lowest BCUT2D eigenvalue weighted by Crippen LogP contribution is -2.14. The van der Waals surface area contributed by atoms with Crippen LogP contribution in [-0.4, -0.2) is 10.9 Å². The van der Waals surface area contributed by atoms with Crippen LogP contribution in [0.5, 0.6) is 0 Å². The van der Waals surface area contributed by atoms with E-state index in [-0.39, 0.29) is 11.4 Å². The minimum absolute atomic E-state index is 0.181. The van der Waals surface area contributed by atoms with Crippen molar-refractivity contribution in [2.24, 2.45) is 5.73 Å². The Labute approximate surface area is 86.9 Å². The maximum Gasteiger partial charge on any atom is 0.252 e. The van der Waals surface area contributed by atoms with E-state index in [9.17, 15) is 4.79 Å². The van der Waals surface area contributed by atoms with Crippen LogP contribution >= 0.6 is 0 Å². The van der Waals surface area contributed by atoms with Crippen LogP contribution < -0.4 is 11.5 Å². The second-order valence-corrected chi connectivity index (χ2v) is 3.48. The summed E-state index contributed by atoms with van der Waals surface area (Å²) in [6, 6.07) is 7.42. The van der Waals surface area contributed by atoms with Crippen LogP contribution in [0.2, 0.25) is 0 Å². The van der Waals surface area contributed by atoms with Gasteiger partial charge in [0, 0.05) is 5.39 Å². The van der Waals surface area contributed by atoms with Crippen LogP contribution in [0.3, 0.4) is 0 Å². The standard InChI is InChI=1S/C11H11N3O/c1-6-2-3-7-5-8(11(13)15)10(12)14-9(7)4-6/h2-5H,1H3,(H2,12,14)(H2,13,15). The Kier molecular flexibility index (Phi) is 2.04. The van der Waals surface area contributed by atoms with Gasteiger partial charge in [0.2, 0.25) is 0 Å². The van der Waals surface area contributed by atoms with Crippen molar-refractivity contribution in [3.8, 4) is 0 Å². The van der Waals surface area contributed by atoms with E-state index in [0.29, 0.717) is 0 Å². The fraction of sp³-hybridized carbons (Fsp3) is 0.0909. The SMILES string of the molecule is Cc1ccc2cc(C(N)=O)c(N)nc2c1. The van der Waals surface area contributed by atoms with Gasteiger partial charge in [-0.3, -0.25) is 4.79 Å². The minimum atomic E-state index is -0.553. The molecule has 1 aromatic heterocycles. The molecular weight excluding hydrogens is 190 g/mol. The Morgan fingerprint density at radius 2 is 2.07 bits per heavy atom. The van der Waals surface area contributed by atoms with Gasteiger partial charge in [0.15, 0.2) is 0 Å². The molecule has 76 valence electrons. The second kappa shape index (κ2) is 3.24. The van der Waals surface area contributed by atoms with E-state index >= 15 is 0 Å². The lowest BCUT2D eigenvalue weighted by Gasteiger charge is -2.04. The largest absolute Gasteiger partial charge is 0.383 e. The molecule has 4 nitrogen and oxygen atoms in total. The molecular formula is C11H11N3O. The molecule has 4 N–H and O–H groups in total. The van der Waals surface area contributed by atoms with E-state index in [1.54, 1.807) is 6.07 Å². The number of fused-ring (bicyclic) bond motifs is 1. The highest BCUT2D eigenvalue weighted by molar-refractivity contribution is 6.00. The van der Waals surface area contributed by atoms with Crippen molar-refractivity contribution in [3.63, 3.8) is 0 Å². The third-order valence-electron chi connectivity index (χ3n) is 2.27. The summed E-state index contributed by atoms with van der Waals surface area (Å²) in [5, 5.41) is 0.864. The fourth-order valence-corrected chi connectivity index (χ4v) is 1.49. The fourth-order valence-electron chi connectivity index (χ4n) is 1.49. The van der Waals surface area contributed by atoms with Gasteiger partial charge < -0.3 is 11.5 Å². The molecule has 2 rings (SSSR count). The molecule has 1 aromatic carbocycles. The first-order chi connectivity index (χ1) is 7.08. The summed E-state index contributed by atoms with van der Waals surface area (Å²) in [6.45, 7) is 1.97. The molecule has 0 saturated heterocycles. The molecule has 0 fully saturated rings. The average molecular weight is 201 g/mol. The zero-order valence-electron chi connectivity index (χ0n) is 8.32. The summed E-state index contributed by atoms with van der Waals surface area (Å²) in [6.07, 6.45) is 0. The van der Waals surface area contributed by atoms with E-state index in [4.69, 9.17) is 11.5 Å². The number of nitrogens with two attached hydrogens (primary N) is 2. The molecule has 0 saturated carbocycles. The van der Waals surface area contributed by atoms with Crippen LogP contribution in [0.25, 0.3) is 10.9 Å². The Morgan fingerprint density at radius 3 is 2.73 bits per heavy atom. The first-order valence-electron chi connectivity index (χ1n) is 4.54. The molecule has 2 aromatic rings. The molecule has 0 bridgehead atoms. The van der Waals surface area contributed by atoms with Gasteiger partial charge in [0.1, 0.15) is 5.82 Å². The number of carbonyl (C=O) groups excluding carboxylic acids is 1. The third-order valence-corrected chi connectivity index (χ3v) is 2.27. The van der Waals surface area contributed by atoms with Gasteiger partial charge in [-0.1, -0.05) is 12.1 Å². The van der Waals surface area contributed by atoms with Crippen molar-refractivity contribution in [2.45, 2.75) is 6.92 Å². The molecule has 1 amide bonds. The molecule has 0 atom stereocenters. The summed E-state index contributed by atoms with van der Waals surface area (Å²) in [4.78, 5) is 15.2. The Bertz CT molecular complexity index is 549. The number of pyridine rings is 1. The van der Waals surface area contributed by atoms with Gasteiger partial charge in [-0.25, -0.2) is 4.98 Å². The van der Waals surface area contributed by atoms with Gasteiger partial charge in [0.05, 0.1) is 11.1 Å². The highest BCUT2D eigenvalue weighted by Crippen LogP contribution is 2.19. The molecule has 0 aliphatic rings. The predicted octanol–water partition coefficient (Wildman–Crippen LogP) is 1.22. The number of hydrogen-bond donors (Lipinski definition) is 2. The lowest BCUT2D eigenvalue weighted by molar-refractivity contribution is 0.100. The molecule has 4 heteroatoms. The van der Waals surface area contributed by atoms with Gasteiger partial charge in [-0.15, -0.1) is 0 Å². The van der Waals surface area contributed by atoms with Gasteiger partial charge in [-0.2, -0.15) is 0 Å². The highest BCUT2D eigenvalue weighted by Gasteiger charge is 2.08. The quantitative estimate of drug-likeness (QED) is 0.727. The van der Waals surface area contributed by atoms with Gasteiger partial charge >= 0.3 is 0 Å².